The van der Waals surface area contributed by atoms with Crippen LogP contribution in [0.25, 0.3) is 17.1 Å². The van der Waals surface area contributed by atoms with Gasteiger partial charge in [-0.2, -0.15) is 0 Å². The zero-order valence-electron chi connectivity index (χ0n) is 17.2. The van der Waals surface area contributed by atoms with Gasteiger partial charge in [-0.1, -0.05) is 77.4 Å². The highest BCUT2D eigenvalue weighted by atomic mass is 35.5. The maximum Gasteiger partial charge on any atom is 0.249 e. The summed E-state index contributed by atoms with van der Waals surface area (Å²) < 4.78 is 7.86. The minimum Gasteiger partial charge on any atom is -0.420 e. The van der Waals surface area contributed by atoms with Gasteiger partial charge in [-0.3, -0.25) is 4.57 Å². The highest BCUT2D eigenvalue weighted by molar-refractivity contribution is 7.98. The van der Waals surface area contributed by atoms with E-state index in [1.165, 1.54) is 11.8 Å². The molecule has 2 heterocycles. The Labute approximate surface area is 204 Å². The summed E-state index contributed by atoms with van der Waals surface area (Å²) in [6.07, 6.45) is 0.647. The Morgan fingerprint density at radius 3 is 2.33 bits per heavy atom. The van der Waals surface area contributed by atoms with Crippen molar-refractivity contribution in [3.63, 3.8) is 0 Å². The lowest BCUT2D eigenvalue weighted by molar-refractivity contribution is 0.528. The second kappa shape index (κ2) is 9.79. The first-order valence-corrected chi connectivity index (χ1v) is 11.9. The first kappa shape index (κ1) is 21.7. The Morgan fingerprint density at radius 2 is 1.55 bits per heavy atom. The van der Waals surface area contributed by atoms with Gasteiger partial charge in [-0.15, -0.1) is 20.4 Å². The third kappa shape index (κ3) is 4.95. The van der Waals surface area contributed by atoms with E-state index < -0.39 is 0 Å². The van der Waals surface area contributed by atoms with Gasteiger partial charge in [0.25, 0.3) is 0 Å². The summed E-state index contributed by atoms with van der Waals surface area (Å²) in [6, 6.07) is 25.1. The van der Waals surface area contributed by atoms with Gasteiger partial charge in [0.05, 0.1) is 16.3 Å². The first-order chi connectivity index (χ1) is 16.2. The molecule has 6 nitrogen and oxygen atoms in total. The number of aromatic nitrogens is 5. The topological polar surface area (TPSA) is 69.6 Å². The number of thioether (sulfide) groups is 1. The maximum absolute atomic E-state index is 6.25. The van der Waals surface area contributed by atoms with Crippen LogP contribution in [-0.2, 0) is 12.2 Å². The third-order valence-corrected chi connectivity index (χ3v) is 6.38. The van der Waals surface area contributed by atoms with Crippen molar-refractivity contribution in [3.8, 4) is 17.1 Å². The molecular formula is C24H17Cl2N5OS. The molecule has 0 N–H and O–H groups in total. The van der Waals surface area contributed by atoms with Crippen molar-refractivity contribution in [2.45, 2.75) is 17.3 Å². The van der Waals surface area contributed by atoms with E-state index in [2.05, 4.69) is 32.5 Å². The van der Waals surface area contributed by atoms with Crippen LogP contribution in [0, 0.1) is 0 Å². The molecule has 0 aliphatic heterocycles. The zero-order chi connectivity index (χ0) is 22.6. The van der Waals surface area contributed by atoms with Crippen LogP contribution < -0.4 is 0 Å². The van der Waals surface area contributed by atoms with Crippen LogP contribution in [0.15, 0.2) is 88.4 Å². The molecule has 2 aromatic heterocycles. The molecule has 164 valence electrons. The number of benzene rings is 3. The molecule has 0 saturated carbocycles. The molecule has 0 amide bonds. The van der Waals surface area contributed by atoms with E-state index in [1.807, 2.05) is 65.2 Å². The lowest BCUT2D eigenvalue weighted by atomic mass is 10.1. The molecule has 9 heteroatoms. The Bertz CT molecular complexity index is 1370. The van der Waals surface area contributed by atoms with Crippen molar-refractivity contribution in [2.75, 3.05) is 0 Å². The Kier molecular flexibility index (Phi) is 6.44. The fourth-order valence-electron chi connectivity index (χ4n) is 3.32. The number of halogens is 2. The highest BCUT2D eigenvalue weighted by Crippen LogP contribution is 2.30. The zero-order valence-corrected chi connectivity index (χ0v) is 19.6. The van der Waals surface area contributed by atoms with Gasteiger partial charge < -0.3 is 4.42 Å². The number of nitrogens with zero attached hydrogens (tertiary/aromatic N) is 5. The Morgan fingerprint density at radius 1 is 0.788 bits per heavy atom. The molecule has 0 bridgehead atoms. The molecule has 5 aromatic rings. The minimum atomic E-state index is 0.389. The SMILES string of the molecule is Clc1ccc(-n2c(Cc3ccccc3)nnc2SCc2nnc(-c3ccccc3Cl)o2)cc1. The second-order valence-corrected chi connectivity index (χ2v) is 8.93. The molecular weight excluding hydrogens is 477 g/mol. The normalized spacial score (nSPS) is 11.1. The largest absolute Gasteiger partial charge is 0.420 e. The lowest BCUT2D eigenvalue weighted by Gasteiger charge is -2.10. The van der Waals surface area contributed by atoms with Crippen LogP contribution in [0.4, 0.5) is 0 Å². The van der Waals surface area contributed by atoms with Crippen molar-refractivity contribution in [1.29, 1.82) is 0 Å². The maximum atomic E-state index is 6.25. The van der Waals surface area contributed by atoms with Crippen molar-refractivity contribution in [1.82, 2.24) is 25.0 Å². The summed E-state index contributed by atoms with van der Waals surface area (Å²) in [5.74, 6) is 2.13. The number of hydrogen-bond donors (Lipinski definition) is 0. The van der Waals surface area contributed by atoms with Gasteiger partial charge in [-0.25, -0.2) is 0 Å². The second-order valence-electron chi connectivity index (χ2n) is 7.14. The molecule has 0 aliphatic rings. The van der Waals surface area contributed by atoms with Gasteiger partial charge in [0, 0.05) is 17.1 Å². The van der Waals surface area contributed by atoms with Crippen LogP contribution in [-0.4, -0.2) is 25.0 Å². The summed E-state index contributed by atoms with van der Waals surface area (Å²) >= 11 is 13.8. The van der Waals surface area contributed by atoms with Crippen LogP contribution >= 0.6 is 35.0 Å². The summed E-state index contributed by atoms with van der Waals surface area (Å²) in [7, 11) is 0. The minimum absolute atomic E-state index is 0.389. The van der Waals surface area contributed by atoms with E-state index in [1.54, 1.807) is 6.07 Å². The van der Waals surface area contributed by atoms with Crippen molar-refractivity contribution in [3.05, 3.63) is 106 Å². The van der Waals surface area contributed by atoms with Crippen LogP contribution in [0.5, 0.6) is 0 Å². The van der Waals surface area contributed by atoms with Gasteiger partial charge >= 0.3 is 0 Å². The predicted molar refractivity (Wildman–Crippen MR) is 130 cm³/mol. The summed E-state index contributed by atoms with van der Waals surface area (Å²) in [4.78, 5) is 0. The average molecular weight is 494 g/mol. The molecule has 0 aliphatic carbocycles. The summed E-state index contributed by atoms with van der Waals surface area (Å²) in [5.41, 5.74) is 2.79. The highest BCUT2D eigenvalue weighted by Gasteiger charge is 2.17. The molecule has 0 fully saturated rings. The van der Waals surface area contributed by atoms with Crippen LogP contribution in [0.2, 0.25) is 10.0 Å². The van der Waals surface area contributed by atoms with E-state index >= 15 is 0 Å². The van der Waals surface area contributed by atoms with Crippen molar-refractivity contribution in [2.24, 2.45) is 0 Å². The van der Waals surface area contributed by atoms with E-state index in [0.29, 0.717) is 39.6 Å². The molecule has 0 unspecified atom stereocenters. The molecule has 0 radical (unpaired) electrons. The van der Waals surface area contributed by atoms with E-state index in [0.717, 1.165) is 22.2 Å². The van der Waals surface area contributed by atoms with E-state index in [-0.39, 0.29) is 0 Å². The quantitative estimate of drug-likeness (QED) is 0.240. The number of rotatable bonds is 7. The van der Waals surface area contributed by atoms with Crippen LogP contribution in [0.1, 0.15) is 17.3 Å². The van der Waals surface area contributed by atoms with Gasteiger partial charge in [0.2, 0.25) is 11.8 Å². The number of hydrogen-bond acceptors (Lipinski definition) is 6. The fraction of sp³-hybridized carbons (Fsp3) is 0.0833. The monoisotopic (exact) mass is 493 g/mol. The third-order valence-electron chi connectivity index (χ3n) is 4.89. The molecule has 0 saturated heterocycles. The van der Waals surface area contributed by atoms with Crippen molar-refractivity contribution < 1.29 is 4.42 Å². The average Bonchev–Trinajstić information content (AvgIpc) is 3.46. The Hall–Kier alpha value is -3.13. The first-order valence-electron chi connectivity index (χ1n) is 10.1. The standard InChI is InChI=1S/C24H17Cl2N5OS/c25-17-10-12-18(13-11-17)31-21(14-16-6-2-1-3-7-16)27-30-24(31)33-15-22-28-29-23(32-22)19-8-4-5-9-20(19)26/h1-13H,14-15H2. The van der Waals surface area contributed by atoms with Gasteiger partial charge in [0.1, 0.15) is 5.82 Å². The lowest BCUT2D eigenvalue weighted by Crippen LogP contribution is -2.04. The molecule has 0 spiro atoms. The van der Waals surface area contributed by atoms with Crippen molar-refractivity contribution >= 4 is 35.0 Å². The summed E-state index contributed by atoms with van der Waals surface area (Å²) in [6.45, 7) is 0. The van der Waals surface area contributed by atoms with Gasteiger partial charge in [-0.05, 0) is 42.0 Å². The van der Waals surface area contributed by atoms with E-state index in [4.69, 9.17) is 27.6 Å². The predicted octanol–water partition coefficient (Wildman–Crippen LogP) is 6.51. The van der Waals surface area contributed by atoms with Gasteiger partial charge in [0.15, 0.2) is 5.16 Å². The fourth-order valence-corrected chi connectivity index (χ4v) is 4.47. The summed E-state index contributed by atoms with van der Waals surface area (Å²) in [5, 5.41) is 19.2. The molecule has 5 rings (SSSR count). The molecule has 3 aromatic carbocycles. The smallest absolute Gasteiger partial charge is 0.249 e. The molecule has 33 heavy (non-hydrogen) atoms. The Balaban J connectivity index is 1.41. The van der Waals surface area contributed by atoms with Crippen LogP contribution in [0.3, 0.4) is 0 Å². The van der Waals surface area contributed by atoms with E-state index in [9.17, 15) is 0 Å². The molecule has 0 atom stereocenters.